The van der Waals surface area contributed by atoms with E-state index in [1.807, 2.05) is 0 Å². The molecule has 0 amide bonds. The topological polar surface area (TPSA) is 195 Å². The van der Waals surface area contributed by atoms with Crippen LogP contribution in [0.3, 0.4) is 0 Å². The lowest BCUT2D eigenvalue weighted by Gasteiger charge is -2.51. The molecule has 306 valence electrons. The lowest BCUT2D eigenvalue weighted by Crippen LogP contribution is -2.59. The molecule has 0 aromatic heterocycles. The van der Waals surface area contributed by atoms with Gasteiger partial charge in [0.15, 0.2) is 12.2 Å². The zero-order valence-corrected chi connectivity index (χ0v) is 32.9. The normalized spacial score (nSPS) is 20.6. The Balaban J connectivity index is 1.53. The Morgan fingerprint density at radius 1 is 0.593 bits per heavy atom. The van der Waals surface area contributed by atoms with Crippen LogP contribution >= 0.6 is 0 Å². The van der Waals surface area contributed by atoms with Crippen molar-refractivity contribution in [3.8, 4) is 46.0 Å². The van der Waals surface area contributed by atoms with Crippen molar-refractivity contribution in [3.63, 3.8) is 0 Å². The summed E-state index contributed by atoms with van der Waals surface area (Å²) in [6.45, 7) is 7.41. The highest BCUT2D eigenvalue weighted by Gasteiger charge is 2.62. The second-order valence-corrected chi connectivity index (χ2v) is 13.9. The Labute approximate surface area is 337 Å². The van der Waals surface area contributed by atoms with Crippen molar-refractivity contribution in [1.29, 1.82) is 0 Å². The van der Waals surface area contributed by atoms with Crippen LogP contribution in [0.2, 0.25) is 0 Å². The number of ether oxygens (including phenoxy) is 10. The molecule has 16 heteroatoms. The number of methoxy groups -OCH3 is 1. The highest BCUT2D eigenvalue weighted by atomic mass is 16.7. The third-order valence-electron chi connectivity index (χ3n) is 9.57. The molecule has 0 unspecified atom stereocenters. The Morgan fingerprint density at radius 2 is 1.14 bits per heavy atom. The van der Waals surface area contributed by atoms with E-state index in [1.54, 1.807) is 42.5 Å². The first-order chi connectivity index (χ1) is 28.1. The molecule has 2 bridgehead atoms. The number of rotatable bonds is 9. The number of fused-ring (bicyclic) bond motifs is 8. The largest absolute Gasteiger partial charge is 0.496 e. The Morgan fingerprint density at radius 3 is 1.68 bits per heavy atom. The van der Waals surface area contributed by atoms with E-state index in [0.29, 0.717) is 16.7 Å². The van der Waals surface area contributed by atoms with Crippen LogP contribution in [-0.2, 0) is 50.4 Å². The number of benzene rings is 4. The van der Waals surface area contributed by atoms with Crippen LogP contribution in [0.25, 0.3) is 0 Å². The number of hydrogen-bond donors (Lipinski definition) is 0. The predicted molar refractivity (Wildman–Crippen MR) is 201 cm³/mol. The molecule has 4 aromatic carbocycles. The minimum Gasteiger partial charge on any atom is -0.496 e. The lowest BCUT2D eigenvalue weighted by molar-refractivity contribution is -0.232. The first-order valence-corrected chi connectivity index (χ1v) is 18.3. The van der Waals surface area contributed by atoms with Crippen molar-refractivity contribution in [1.82, 2.24) is 0 Å². The quantitative estimate of drug-likeness (QED) is 0.147. The molecule has 7 rings (SSSR count). The van der Waals surface area contributed by atoms with Crippen molar-refractivity contribution >= 4 is 35.8 Å². The highest BCUT2D eigenvalue weighted by molar-refractivity contribution is 5.77. The minimum absolute atomic E-state index is 0.00433. The molecule has 16 nitrogen and oxygen atoms in total. The van der Waals surface area contributed by atoms with E-state index in [9.17, 15) is 28.8 Å². The standard InChI is InChI=1S/C43H38O16/c1-20(44)51-28-12-8-26(9-13-28)40-36(55-24(5)48)18-31-32(53-22(3)46)19-35-38(41(31)57-40)39-37-33(54-23(4)47)16-30(50-7)17-34(37)58-43(59-35,42(39)56-25(6)49)27-10-14-29(15-11-27)52-21(2)45/h8-17,19,36,39-40,42H,18H2,1-7H3/t36-,39-,40+,42-,43-/m1/s1. The average molecular weight is 811 g/mol. The second kappa shape index (κ2) is 15.7. The molecule has 5 atom stereocenters. The van der Waals surface area contributed by atoms with E-state index in [4.69, 9.17) is 47.4 Å². The number of hydrogen-bond acceptors (Lipinski definition) is 16. The molecule has 0 saturated heterocycles. The van der Waals surface area contributed by atoms with Crippen molar-refractivity contribution < 1.29 is 76.1 Å². The molecule has 3 heterocycles. The van der Waals surface area contributed by atoms with Gasteiger partial charge in [-0.25, -0.2) is 0 Å². The monoisotopic (exact) mass is 810 g/mol. The van der Waals surface area contributed by atoms with Crippen LogP contribution in [0.5, 0.6) is 46.0 Å². The van der Waals surface area contributed by atoms with E-state index in [0.717, 1.165) is 0 Å². The summed E-state index contributed by atoms with van der Waals surface area (Å²) in [6.07, 6.45) is -3.41. The maximum atomic E-state index is 13.2. The molecular weight excluding hydrogens is 772 g/mol. The van der Waals surface area contributed by atoms with Gasteiger partial charge in [-0.1, -0.05) is 12.1 Å². The SMILES string of the molecule is COc1cc(OC(C)=O)c2c(c1)O[C@]1(c3ccc(OC(C)=O)cc3)Oc3cc(OC(C)=O)c4c(c3[C@@H]2[C@H]1OC(C)=O)O[C@@H](c1ccc(OC(C)=O)cc1)[C@H](OC(C)=O)C4. The van der Waals surface area contributed by atoms with Crippen molar-refractivity contribution in [3.05, 3.63) is 94.5 Å². The third-order valence-corrected chi connectivity index (χ3v) is 9.57. The summed E-state index contributed by atoms with van der Waals surface area (Å²) in [4.78, 5) is 74.5. The van der Waals surface area contributed by atoms with Gasteiger partial charge in [0.1, 0.15) is 52.1 Å². The van der Waals surface area contributed by atoms with Gasteiger partial charge >= 0.3 is 41.6 Å². The van der Waals surface area contributed by atoms with Gasteiger partial charge < -0.3 is 47.4 Å². The zero-order chi connectivity index (χ0) is 42.3. The van der Waals surface area contributed by atoms with Crippen molar-refractivity contribution in [2.75, 3.05) is 7.11 Å². The summed E-state index contributed by atoms with van der Waals surface area (Å²) in [7, 11) is 1.42. The fraction of sp³-hybridized carbons (Fsp3) is 0.302. The second-order valence-electron chi connectivity index (χ2n) is 13.9. The van der Waals surface area contributed by atoms with Gasteiger partial charge in [-0.2, -0.15) is 0 Å². The first-order valence-electron chi connectivity index (χ1n) is 18.3. The highest BCUT2D eigenvalue weighted by Crippen LogP contribution is 2.63. The van der Waals surface area contributed by atoms with E-state index >= 15 is 0 Å². The van der Waals surface area contributed by atoms with Crippen LogP contribution in [0.15, 0.2) is 66.7 Å². The van der Waals surface area contributed by atoms with Gasteiger partial charge in [0.2, 0.25) is 0 Å². The molecule has 0 N–H and O–H groups in total. The van der Waals surface area contributed by atoms with E-state index in [1.165, 1.54) is 72.9 Å². The van der Waals surface area contributed by atoms with Crippen LogP contribution in [0.4, 0.5) is 0 Å². The molecule has 3 aliphatic heterocycles. The van der Waals surface area contributed by atoms with Crippen molar-refractivity contribution in [2.45, 2.75) is 78.0 Å². The summed E-state index contributed by atoms with van der Waals surface area (Å²) in [5, 5.41) is 0. The first kappa shape index (κ1) is 40.1. The summed E-state index contributed by atoms with van der Waals surface area (Å²) >= 11 is 0. The van der Waals surface area contributed by atoms with Gasteiger partial charge in [-0.05, 0) is 42.0 Å². The lowest BCUT2D eigenvalue weighted by atomic mass is 9.74. The van der Waals surface area contributed by atoms with E-state index < -0.39 is 65.8 Å². The molecule has 0 saturated carbocycles. The summed E-state index contributed by atoms with van der Waals surface area (Å²) < 4.78 is 60.1. The molecule has 0 spiro atoms. The van der Waals surface area contributed by atoms with Crippen LogP contribution in [0, 0.1) is 0 Å². The summed E-state index contributed by atoms with van der Waals surface area (Å²) in [5.74, 6) is -5.88. The molecular formula is C43H38O16. The Bertz CT molecular complexity index is 2380. The van der Waals surface area contributed by atoms with Crippen LogP contribution in [-0.4, -0.2) is 55.1 Å². The molecule has 0 radical (unpaired) electrons. The van der Waals surface area contributed by atoms with Crippen LogP contribution in [0.1, 0.15) is 81.4 Å². The van der Waals surface area contributed by atoms with Gasteiger partial charge in [0.25, 0.3) is 0 Å². The molecule has 4 aromatic rings. The molecule has 0 aliphatic carbocycles. The maximum Gasteiger partial charge on any atom is 0.316 e. The molecule has 59 heavy (non-hydrogen) atoms. The maximum absolute atomic E-state index is 13.2. The fourth-order valence-corrected chi connectivity index (χ4v) is 7.61. The van der Waals surface area contributed by atoms with Gasteiger partial charge in [0.05, 0.1) is 13.0 Å². The molecule has 0 fully saturated rings. The number of esters is 6. The predicted octanol–water partition coefficient (Wildman–Crippen LogP) is 5.71. The molecule has 3 aliphatic rings. The smallest absolute Gasteiger partial charge is 0.316 e. The average Bonchev–Trinajstić information content (AvgIpc) is 3.14. The number of carbonyl (C=O) groups is 6. The number of carbonyl (C=O) groups excluding carboxylic acids is 6. The van der Waals surface area contributed by atoms with Gasteiger partial charge in [-0.15, -0.1) is 0 Å². The van der Waals surface area contributed by atoms with Crippen molar-refractivity contribution in [2.24, 2.45) is 0 Å². The van der Waals surface area contributed by atoms with Gasteiger partial charge in [0, 0.05) is 88.4 Å². The van der Waals surface area contributed by atoms with Crippen LogP contribution < -0.4 is 37.9 Å². The fourth-order valence-electron chi connectivity index (χ4n) is 7.61. The van der Waals surface area contributed by atoms with E-state index in [-0.39, 0.29) is 63.5 Å². The third kappa shape index (κ3) is 7.80. The van der Waals surface area contributed by atoms with E-state index in [2.05, 4.69) is 0 Å². The zero-order valence-electron chi connectivity index (χ0n) is 32.9. The van der Waals surface area contributed by atoms with Gasteiger partial charge in [-0.3, -0.25) is 28.8 Å². The minimum atomic E-state index is -2.01. The Hall–Kier alpha value is -7.10. The summed E-state index contributed by atoms with van der Waals surface area (Å²) in [5.41, 5.74) is 1.64. The summed E-state index contributed by atoms with van der Waals surface area (Å²) in [6, 6.07) is 17.0. The Kier molecular flexibility index (Phi) is 10.7.